The van der Waals surface area contributed by atoms with E-state index in [1.54, 1.807) is 22.8 Å². The number of carbonyl (C=O) groups excluding carboxylic acids is 1. The highest BCUT2D eigenvalue weighted by molar-refractivity contribution is 9.10. The van der Waals surface area contributed by atoms with Gasteiger partial charge in [0.2, 0.25) is 10.0 Å². The first kappa shape index (κ1) is 23.6. The first-order valence-electron chi connectivity index (χ1n) is 9.50. The maximum atomic E-state index is 12.6. The van der Waals surface area contributed by atoms with E-state index in [0.29, 0.717) is 26.7 Å². The average molecular weight is 571 g/mol. The van der Waals surface area contributed by atoms with Gasteiger partial charge in [-0.1, -0.05) is 29.8 Å². The van der Waals surface area contributed by atoms with E-state index in [-0.39, 0.29) is 22.9 Å². The van der Waals surface area contributed by atoms with Crippen LogP contribution in [0.1, 0.15) is 9.67 Å². The summed E-state index contributed by atoms with van der Waals surface area (Å²) in [5.41, 5.74) is 1.97. The van der Waals surface area contributed by atoms with Gasteiger partial charge in [-0.2, -0.15) is 9.61 Å². The molecule has 2 N–H and O–H groups in total. The van der Waals surface area contributed by atoms with Gasteiger partial charge in [0.05, 0.1) is 23.5 Å². The Kier molecular flexibility index (Phi) is 7.00. The highest BCUT2D eigenvalue weighted by Crippen LogP contribution is 2.30. The Labute approximate surface area is 206 Å². The zero-order valence-corrected chi connectivity index (χ0v) is 21.1. The molecule has 4 rings (SSSR count). The van der Waals surface area contributed by atoms with Crippen molar-refractivity contribution in [3.63, 3.8) is 0 Å². The van der Waals surface area contributed by atoms with E-state index in [4.69, 9.17) is 11.6 Å². The first-order valence-corrected chi connectivity index (χ1v) is 13.0. The summed E-state index contributed by atoms with van der Waals surface area (Å²) in [7, 11) is -2.69. The van der Waals surface area contributed by atoms with E-state index in [2.05, 4.69) is 40.8 Å². The van der Waals surface area contributed by atoms with Crippen molar-refractivity contribution in [2.75, 3.05) is 25.5 Å². The number of nitrogens with one attached hydrogen (secondary N) is 2. The zero-order valence-electron chi connectivity index (χ0n) is 17.1. The van der Waals surface area contributed by atoms with Gasteiger partial charge in [0.1, 0.15) is 15.6 Å². The van der Waals surface area contributed by atoms with Crippen LogP contribution in [0.4, 0.5) is 5.82 Å². The van der Waals surface area contributed by atoms with E-state index in [1.165, 1.54) is 18.6 Å². The quantitative estimate of drug-likeness (QED) is 0.243. The van der Waals surface area contributed by atoms with Gasteiger partial charge in [0, 0.05) is 29.7 Å². The number of hydrogen-bond acceptors (Lipinski definition) is 8. The van der Waals surface area contributed by atoms with E-state index >= 15 is 0 Å². The summed E-state index contributed by atoms with van der Waals surface area (Å²) in [5.74, 6) is -0.0929. The molecule has 0 radical (unpaired) electrons. The lowest BCUT2D eigenvalue weighted by atomic mass is 10.1. The van der Waals surface area contributed by atoms with Gasteiger partial charge < -0.3 is 10.1 Å². The summed E-state index contributed by atoms with van der Waals surface area (Å²) in [6, 6.07) is 10.5. The molecule has 0 amide bonds. The minimum Gasteiger partial charge on any atom is -0.465 e. The first-order chi connectivity index (χ1) is 15.8. The third kappa shape index (κ3) is 4.89. The summed E-state index contributed by atoms with van der Waals surface area (Å²) >= 11 is 10.8. The van der Waals surface area contributed by atoms with Gasteiger partial charge in [-0.15, -0.1) is 11.3 Å². The third-order valence-corrected chi connectivity index (χ3v) is 8.01. The van der Waals surface area contributed by atoms with Gasteiger partial charge in [-0.25, -0.2) is 22.9 Å². The SMILES string of the molecule is COC(=O)c1sccc1S(=O)(=O)NCCNc1cc(-c2ccccc2Cl)nc2c(Br)cnn12. The second-order valence-electron chi connectivity index (χ2n) is 6.66. The number of halogens is 2. The average Bonchev–Trinajstić information content (AvgIpc) is 3.44. The highest BCUT2D eigenvalue weighted by Gasteiger charge is 2.24. The van der Waals surface area contributed by atoms with Crippen LogP contribution < -0.4 is 10.0 Å². The number of nitrogens with zero attached hydrogens (tertiary/aromatic N) is 3. The number of methoxy groups -OCH3 is 1. The van der Waals surface area contributed by atoms with E-state index in [0.717, 1.165) is 16.9 Å². The zero-order chi connectivity index (χ0) is 23.6. The molecule has 172 valence electrons. The van der Waals surface area contributed by atoms with Crippen LogP contribution in [-0.4, -0.2) is 49.2 Å². The second-order valence-corrected chi connectivity index (χ2v) is 10.6. The van der Waals surface area contributed by atoms with Gasteiger partial charge in [0.15, 0.2) is 5.65 Å². The van der Waals surface area contributed by atoms with Gasteiger partial charge >= 0.3 is 5.97 Å². The van der Waals surface area contributed by atoms with Crippen LogP contribution in [0.15, 0.2) is 57.3 Å². The fourth-order valence-electron chi connectivity index (χ4n) is 3.07. The number of hydrogen-bond donors (Lipinski definition) is 2. The Morgan fingerprint density at radius 3 is 2.82 bits per heavy atom. The molecule has 0 aliphatic carbocycles. The van der Waals surface area contributed by atoms with Crippen molar-refractivity contribution < 1.29 is 17.9 Å². The van der Waals surface area contributed by atoms with Gasteiger partial charge in [-0.3, -0.25) is 0 Å². The molecule has 33 heavy (non-hydrogen) atoms. The molecule has 9 nitrogen and oxygen atoms in total. The number of fused-ring (bicyclic) bond motifs is 1. The van der Waals surface area contributed by atoms with Crippen LogP contribution in [0.25, 0.3) is 16.9 Å². The molecule has 0 atom stereocenters. The van der Waals surface area contributed by atoms with E-state index in [1.807, 2.05) is 18.2 Å². The lowest BCUT2D eigenvalue weighted by Gasteiger charge is -2.12. The summed E-state index contributed by atoms with van der Waals surface area (Å²) < 4.78 is 34.7. The Bertz CT molecular complexity index is 1440. The number of benzene rings is 1. The molecule has 3 aromatic heterocycles. The van der Waals surface area contributed by atoms with Crippen LogP contribution in [0, 0.1) is 0 Å². The summed E-state index contributed by atoms with van der Waals surface area (Å²) in [4.78, 5) is 16.4. The molecule has 0 aliphatic heterocycles. The molecule has 1 aromatic carbocycles. The molecule has 0 unspecified atom stereocenters. The van der Waals surface area contributed by atoms with Gasteiger partial charge in [0.25, 0.3) is 0 Å². The van der Waals surface area contributed by atoms with E-state index < -0.39 is 16.0 Å². The maximum absolute atomic E-state index is 12.6. The van der Waals surface area contributed by atoms with Crippen molar-refractivity contribution in [3.05, 3.63) is 62.3 Å². The summed E-state index contributed by atoms with van der Waals surface area (Å²) in [6.07, 6.45) is 1.62. The predicted molar refractivity (Wildman–Crippen MR) is 130 cm³/mol. The van der Waals surface area contributed by atoms with Crippen molar-refractivity contribution >= 4 is 66.3 Å². The Balaban J connectivity index is 1.53. The fourth-order valence-corrected chi connectivity index (χ4v) is 6.02. The van der Waals surface area contributed by atoms with Crippen molar-refractivity contribution in [2.45, 2.75) is 4.90 Å². The molecule has 0 spiro atoms. The Morgan fingerprint density at radius 2 is 2.06 bits per heavy atom. The molecule has 3 heterocycles. The lowest BCUT2D eigenvalue weighted by Crippen LogP contribution is -2.30. The van der Waals surface area contributed by atoms with Crippen LogP contribution >= 0.6 is 38.9 Å². The topological polar surface area (TPSA) is 115 Å². The maximum Gasteiger partial charge on any atom is 0.349 e. The number of carbonyl (C=O) groups is 1. The van der Waals surface area contributed by atoms with Crippen molar-refractivity contribution in [1.82, 2.24) is 19.3 Å². The molecule has 0 bridgehead atoms. The molecular weight excluding hydrogens is 554 g/mol. The van der Waals surface area contributed by atoms with Crippen LogP contribution in [0.5, 0.6) is 0 Å². The Morgan fingerprint density at radius 1 is 1.27 bits per heavy atom. The summed E-state index contributed by atoms with van der Waals surface area (Å²) in [6.45, 7) is 0.307. The fraction of sp³-hybridized carbons (Fsp3) is 0.150. The lowest BCUT2D eigenvalue weighted by molar-refractivity contribution is 0.0602. The number of anilines is 1. The van der Waals surface area contributed by atoms with Gasteiger partial charge in [-0.05, 0) is 33.4 Å². The molecule has 0 fully saturated rings. The third-order valence-electron chi connectivity index (χ3n) is 4.59. The molecule has 13 heteroatoms. The van der Waals surface area contributed by atoms with Crippen molar-refractivity contribution in [3.8, 4) is 11.3 Å². The number of aromatic nitrogens is 3. The molecule has 4 aromatic rings. The van der Waals surface area contributed by atoms with Crippen LogP contribution in [0.2, 0.25) is 5.02 Å². The number of ether oxygens (including phenoxy) is 1. The minimum absolute atomic E-state index is 0.0274. The number of esters is 1. The van der Waals surface area contributed by atoms with Crippen molar-refractivity contribution in [1.29, 1.82) is 0 Å². The van der Waals surface area contributed by atoms with Crippen LogP contribution in [0.3, 0.4) is 0 Å². The number of sulfonamides is 1. The normalized spacial score (nSPS) is 11.6. The van der Waals surface area contributed by atoms with Crippen LogP contribution in [-0.2, 0) is 14.8 Å². The molecule has 0 saturated carbocycles. The summed E-state index contributed by atoms with van der Waals surface area (Å²) in [5, 5.41) is 9.57. The highest BCUT2D eigenvalue weighted by atomic mass is 79.9. The second kappa shape index (κ2) is 9.77. The molecule has 0 aliphatic rings. The Hall–Kier alpha value is -2.51. The smallest absolute Gasteiger partial charge is 0.349 e. The van der Waals surface area contributed by atoms with Crippen molar-refractivity contribution in [2.24, 2.45) is 0 Å². The molecular formula is C20H17BrClN5O4S2. The largest absolute Gasteiger partial charge is 0.465 e. The monoisotopic (exact) mass is 569 g/mol. The minimum atomic E-state index is -3.89. The number of rotatable bonds is 8. The van der Waals surface area contributed by atoms with E-state index in [9.17, 15) is 13.2 Å². The molecule has 0 saturated heterocycles. The number of thiophene rings is 1. The predicted octanol–water partition coefficient (Wildman–Crippen LogP) is 4.05. The standard InChI is InChI=1S/C20H17BrClN5O4S2/c1-31-20(28)18-16(6-9-32-18)33(29,30)25-8-7-23-17-10-15(12-4-2-3-5-14(12)22)26-19-13(21)11-24-27(17)19/h2-6,9-11,23,25H,7-8H2,1H3.